The highest BCUT2D eigenvalue weighted by molar-refractivity contribution is 5.56. The molecule has 0 unspecified atom stereocenters. The number of hydrazine groups is 1. The molecule has 7 heteroatoms. The first-order valence-electron chi connectivity index (χ1n) is 7.12. The predicted octanol–water partition coefficient (Wildman–Crippen LogP) is 0.377. The number of nitrogens with two attached hydrogens (primary N) is 1. The molecule has 1 aromatic heterocycles. The monoisotopic (exact) mass is 280 g/mol. The molecule has 1 fully saturated rings. The molecule has 0 aliphatic carbocycles. The quantitative estimate of drug-likeness (QED) is 0.513. The van der Waals surface area contributed by atoms with Crippen molar-refractivity contribution in [1.29, 1.82) is 0 Å². The zero-order chi connectivity index (χ0) is 14.4. The summed E-state index contributed by atoms with van der Waals surface area (Å²) >= 11 is 0. The lowest BCUT2D eigenvalue weighted by Gasteiger charge is -2.26. The van der Waals surface area contributed by atoms with E-state index in [1.165, 1.54) is 0 Å². The predicted molar refractivity (Wildman–Crippen MR) is 79.7 cm³/mol. The molecule has 7 nitrogen and oxygen atoms in total. The Morgan fingerprint density at radius 2 is 1.95 bits per heavy atom. The second kappa shape index (κ2) is 7.37. The molecular formula is C13H24N6O. The van der Waals surface area contributed by atoms with Gasteiger partial charge in [0, 0.05) is 38.2 Å². The first-order valence-corrected chi connectivity index (χ1v) is 7.12. The molecule has 1 aliphatic heterocycles. The fraction of sp³-hybridized carbons (Fsp3) is 0.692. The molecule has 1 saturated heterocycles. The van der Waals surface area contributed by atoms with Crippen LogP contribution in [0, 0.1) is 6.92 Å². The van der Waals surface area contributed by atoms with Crippen LogP contribution in [0.25, 0.3) is 0 Å². The number of anilines is 2. The maximum absolute atomic E-state index is 5.50. The van der Waals surface area contributed by atoms with Gasteiger partial charge in [0.1, 0.15) is 17.5 Å². The van der Waals surface area contributed by atoms with E-state index in [9.17, 15) is 0 Å². The molecule has 0 amide bonds. The summed E-state index contributed by atoms with van der Waals surface area (Å²) in [4.78, 5) is 11.3. The summed E-state index contributed by atoms with van der Waals surface area (Å²) < 4.78 is 5.34. The van der Waals surface area contributed by atoms with Crippen LogP contribution < -0.4 is 16.6 Å². The van der Waals surface area contributed by atoms with Gasteiger partial charge in [0.05, 0.1) is 13.2 Å². The minimum Gasteiger partial charge on any atom is -0.379 e. The summed E-state index contributed by atoms with van der Waals surface area (Å²) in [6.45, 7) is 9.49. The summed E-state index contributed by atoms with van der Waals surface area (Å²) in [6.07, 6.45) is 0.785. The molecule has 0 radical (unpaired) electrons. The van der Waals surface area contributed by atoms with Gasteiger partial charge in [-0.15, -0.1) is 0 Å². The van der Waals surface area contributed by atoms with Gasteiger partial charge in [-0.2, -0.15) is 0 Å². The van der Waals surface area contributed by atoms with Gasteiger partial charge in [0.2, 0.25) is 0 Å². The lowest BCUT2D eigenvalue weighted by molar-refractivity contribution is 0.0398. The number of rotatable bonds is 6. The van der Waals surface area contributed by atoms with E-state index >= 15 is 0 Å². The standard InChI is InChI=1S/C13H24N6O/c1-3-11-16-12(10(2)13(17-11)18-14)15-4-5-19-6-8-20-9-7-19/h3-9,14H2,1-2H3,(H2,15,16,17,18). The summed E-state index contributed by atoms with van der Waals surface area (Å²) in [5.41, 5.74) is 3.58. The second-order valence-corrected chi connectivity index (χ2v) is 4.84. The maximum Gasteiger partial charge on any atom is 0.148 e. The Hall–Kier alpha value is -1.44. The average molecular weight is 280 g/mol. The van der Waals surface area contributed by atoms with Gasteiger partial charge in [0.25, 0.3) is 0 Å². The minimum atomic E-state index is 0.686. The van der Waals surface area contributed by atoms with E-state index in [2.05, 4.69) is 25.6 Å². The van der Waals surface area contributed by atoms with Crippen molar-refractivity contribution in [3.63, 3.8) is 0 Å². The van der Waals surface area contributed by atoms with E-state index in [1.807, 2.05) is 13.8 Å². The highest BCUT2D eigenvalue weighted by Gasteiger charge is 2.12. The van der Waals surface area contributed by atoms with Crippen LogP contribution >= 0.6 is 0 Å². The third kappa shape index (κ3) is 3.78. The Balaban J connectivity index is 1.94. The first-order chi connectivity index (χ1) is 9.74. The number of morpholine rings is 1. The van der Waals surface area contributed by atoms with Crippen molar-refractivity contribution in [2.45, 2.75) is 20.3 Å². The molecule has 0 atom stereocenters. The van der Waals surface area contributed by atoms with Crippen molar-refractivity contribution in [1.82, 2.24) is 14.9 Å². The number of nitrogen functional groups attached to an aromatic ring is 1. The van der Waals surface area contributed by atoms with Crippen molar-refractivity contribution in [3.05, 3.63) is 11.4 Å². The van der Waals surface area contributed by atoms with Crippen molar-refractivity contribution < 1.29 is 4.74 Å². The third-order valence-electron chi connectivity index (χ3n) is 3.47. The Morgan fingerprint density at radius 1 is 1.25 bits per heavy atom. The van der Waals surface area contributed by atoms with Crippen LogP contribution in [0.5, 0.6) is 0 Å². The Bertz CT molecular complexity index is 433. The lowest BCUT2D eigenvalue weighted by atomic mass is 10.3. The highest BCUT2D eigenvalue weighted by atomic mass is 16.5. The second-order valence-electron chi connectivity index (χ2n) is 4.84. The maximum atomic E-state index is 5.50. The summed E-state index contributed by atoms with van der Waals surface area (Å²) in [5.74, 6) is 7.83. The summed E-state index contributed by atoms with van der Waals surface area (Å²) in [7, 11) is 0. The van der Waals surface area contributed by atoms with Crippen LogP contribution in [0.3, 0.4) is 0 Å². The molecule has 0 saturated carbocycles. The molecule has 0 spiro atoms. The first kappa shape index (κ1) is 15.0. The van der Waals surface area contributed by atoms with Crippen LogP contribution in [-0.4, -0.2) is 54.3 Å². The smallest absolute Gasteiger partial charge is 0.148 e. The summed E-state index contributed by atoms with van der Waals surface area (Å²) in [6, 6.07) is 0. The van der Waals surface area contributed by atoms with E-state index in [0.717, 1.165) is 63.0 Å². The van der Waals surface area contributed by atoms with Crippen LogP contribution in [0.15, 0.2) is 0 Å². The molecule has 112 valence electrons. The number of aromatic nitrogens is 2. The van der Waals surface area contributed by atoms with Gasteiger partial charge < -0.3 is 15.5 Å². The SMILES string of the molecule is CCc1nc(NN)c(C)c(NCCN2CCOCC2)n1. The van der Waals surface area contributed by atoms with Crippen molar-refractivity contribution >= 4 is 11.6 Å². The number of nitrogens with zero attached hydrogens (tertiary/aromatic N) is 3. The van der Waals surface area contributed by atoms with Crippen molar-refractivity contribution in [2.24, 2.45) is 5.84 Å². The van der Waals surface area contributed by atoms with Gasteiger partial charge in [-0.05, 0) is 6.92 Å². The topological polar surface area (TPSA) is 88.3 Å². The van der Waals surface area contributed by atoms with Gasteiger partial charge in [-0.3, -0.25) is 4.90 Å². The van der Waals surface area contributed by atoms with E-state index in [-0.39, 0.29) is 0 Å². The fourth-order valence-electron chi connectivity index (χ4n) is 2.19. The van der Waals surface area contributed by atoms with Crippen molar-refractivity contribution in [2.75, 3.05) is 50.1 Å². The van der Waals surface area contributed by atoms with E-state index in [1.54, 1.807) is 0 Å². The molecule has 0 aromatic carbocycles. The van der Waals surface area contributed by atoms with Gasteiger partial charge in [-0.25, -0.2) is 15.8 Å². The van der Waals surface area contributed by atoms with Crippen LogP contribution in [0.2, 0.25) is 0 Å². The normalized spacial score (nSPS) is 16.1. The Kier molecular flexibility index (Phi) is 5.51. The minimum absolute atomic E-state index is 0.686. The van der Waals surface area contributed by atoms with E-state index < -0.39 is 0 Å². The zero-order valence-corrected chi connectivity index (χ0v) is 12.3. The summed E-state index contributed by atoms with van der Waals surface area (Å²) in [5, 5.41) is 3.38. The van der Waals surface area contributed by atoms with Crippen molar-refractivity contribution in [3.8, 4) is 0 Å². The fourth-order valence-corrected chi connectivity index (χ4v) is 2.19. The molecule has 4 N–H and O–H groups in total. The molecule has 1 aromatic rings. The third-order valence-corrected chi connectivity index (χ3v) is 3.47. The van der Waals surface area contributed by atoms with Gasteiger partial charge in [0.15, 0.2) is 0 Å². The molecular weight excluding hydrogens is 256 g/mol. The average Bonchev–Trinajstić information content (AvgIpc) is 2.50. The molecule has 20 heavy (non-hydrogen) atoms. The van der Waals surface area contributed by atoms with Gasteiger partial charge in [-0.1, -0.05) is 6.92 Å². The highest BCUT2D eigenvalue weighted by Crippen LogP contribution is 2.19. The molecule has 2 heterocycles. The Morgan fingerprint density at radius 3 is 2.60 bits per heavy atom. The number of hydrogen-bond acceptors (Lipinski definition) is 7. The van der Waals surface area contributed by atoms with E-state index in [0.29, 0.717) is 5.82 Å². The van der Waals surface area contributed by atoms with Crippen LogP contribution in [-0.2, 0) is 11.2 Å². The van der Waals surface area contributed by atoms with Gasteiger partial charge >= 0.3 is 0 Å². The molecule has 0 bridgehead atoms. The molecule has 2 rings (SSSR count). The zero-order valence-electron chi connectivity index (χ0n) is 12.3. The van der Waals surface area contributed by atoms with Crippen LogP contribution in [0.4, 0.5) is 11.6 Å². The molecule has 1 aliphatic rings. The number of hydrogen-bond donors (Lipinski definition) is 3. The largest absolute Gasteiger partial charge is 0.379 e. The van der Waals surface area contributed by atoms with E-state index in [4.69, 9.17) is 10.6 Å². The number of aryl methyl sites for hydroxylation is 1. The lowest BCUT2D eigenvalue weighted by Crippen LogP contribution is -2.39. The number of nitrogens with one attached hydrogen (secondary N) is 2. The Labute approximate surface area is 119 Å². The number of ether oxygens (including phenoxy) is 1. The van der Waals surface area contributed by atoms with Crippen LogP contribution in [0.1, 0.15) is 18.3 Å².